The van der Waals surface area contributed by atoms with Crippen molar-refractivity contribution < 1.29 is 22.7 Å². The minimum atomic E-state index is -4.41. The third-order valence-electron chi connectivity index (χ3n) is 5.52. The Labute approximate surface area is 201 Å². The summed E-state index contributed by atoms with van der Waals surface area (Å²) >= 11 is 0. The Balaban J connectivity index is 1.52. The van der Waals surface area contributed by atoms with E-state index in [0.29, 0.717) is 11.3 Å². The van der Waals surface area contributed by atoms with Crippen molar-refractivity contribution in [2.24, 2.45) is 0 Å². The number of carbonyl (C=O) groups excluding carboxylic acids is 1. The van der Waals surface area contributed by atoms with Gasteiger partial charge < -0.3 is 15.0 Å². The molecule has 4 rings (SSSR count). The van der Waals surface area contributed by atoms with Gasteiger partial charge in [-0.25, -0.2) is 4.98 Å². The molecule has 0 aliphatic carbocycles. The Morgan fingerprint density at radius 3 is 2.37 bits per heavy atom. The van der Waals surface area contributed by atoms with Crippen LogP contribution in [0.2, 0.25) is 0 Å². The summed E-state index contributed by atoms with van der Waals surface area (Å²) in [6.07, 6.45) is -4.41. The number of alkyl halides is 3. The second-order valence-electron chi connectivity index (χ2n) is 8.33. The summed E-state index contributed by atoms with van der Waals surface area (Å²) in [7, 11) is 3.81. The first kappa shape index (κ1) is 24.1. The average Bonchev–Trinajstić information content (AvgIpc) is 2.83. The number of ether oxygens (including phenoxy) is 1. The zero-order chi connectivity index (χ0) is 25.2. The number of nitrogens with zero attached hydrogens (tertiary/aromatic N) is 2. The number of amides is 1. The Morgan fingerprint density at radius 1 is 0.971 bits per heavy atom. The van der Waals surface area contributed by atoms with Crippen LogP contribution < -0.4 is 15.0 Å². The number of hydrogen-bond donors (Lipinski definition) is 1. The fourth-order valence-corrected chi connectivity index (χ4v) is 3.61. The van der Waals surface area contributed by atoms with Crippen molar-refractivity contribution in [3.63, 3.8) is 0 Å². The molecule has 4 aromatic rings. The lowest BCUT2D eigenvalue weighted by atomic mass is 10.1. The van der Waals surface area contributed by atoms with E-state index < -0.39 is 11.7 Å². The summed E-state index contributed by atoms with van der Waals surface area (Å²) in [5, 5.41) is 4.47. The van der Waals surface area contributed by atoms with Gasteiger partial charge >= 0.3 is 6.18 Å². The van der Waals surface area contributed by atoms with Crippen LogP contribution in [0.1, 0.15) is 34.6 Å². The second kappa shape index (κ2) is 9.66. The van der Waals surface area contributed by atoms with Gasteiger partial charge in [0.2, 0.25) is 0 Å². The van der Waals surface area contributed by atoms with Gasteiger partial charge in [0.25, 0.3) is 5.91 Å². The molecule has 0 fully saturated rings. The number of rotatable bonds is 6. The molecule has 35 heavy (non-hydrogen) atoms. The predicted molar refractivity (Wildman–Crippen MR) is 130 cm³/mol. The summed E-state index contributed by atoms with van der Waals surface area (Å²) in [6, 6.07) is 20.4. The number of fused-ring (bicyclic) bond motifs is 1. The van der Waals surface area contributed by atoms with E-state index in [1.54, 1.807) is 30.3 Å². The van der Waals surface area contributed by atoms with Crippen LogP contribution in [0, 0.1) is 0 Å². The summed E-state index contributed by atoms with van der Waals surface area (Å²) in [6.45, 7) is 1.87. The predicted octanol–water partition coefficient (Wildman–Crippen LogP) is 6.60. The molecular formula is C27H24F3N3O2. The number of pyridine rings is 1. The topological polar surface area (TPSA) is 54.5 Å². The first-order chi connectivity index (χ1) is 16.6. The van der Waals surface area contributed by atoms with Gasteiger partial charge in [0.05, 0.1) is 17.3 Å². The highest BCUT2D eigenvalue weighted by molar-refractivity contribution is 6.00. The number of benzene rings is 3. The minimum Gasteiger partial charge on any atom is -0.457 e. The Bertz CT molecular complexity index is 1350. The number of hydrogen-bond acceptors (Lipinski definition) is 4. The van der Waals surface area contributed by atoms with Crippen LogP contribution in [0.25, 0.3) is 10.8 Å². The first-order valence-corrected chi connectivity index (χ1v) is 10.9. The highest BCUT2D eigenvalue weighted by Gasteiger charge is 2.30. The van der Waals surface area contributed by atoms with E-state index in [2.05, 4.69) is 10.3 Å². The SMILES string of the molecule is C[C@@H](NC(=O)c1ccc2c(Oc3ccc(C(F)(F)F)cc3)cccc2c1)c1cccc(N(C)C)n1. The Hall–Kier alpha value is -4.07. The largest absolute Gasteiger partial charge is 0.457 e. The highest BCUT2D eigenvalue weighted by atomic mass is 19.4. The zero-order valence-corrected chi connectivity index (χ0v) is 19.4. The lowest BCUT2D eigenvalue weighted by molar-refractivity contribution is -0.137. The van der Waals surface area contributed by atoms with Gasteiger partial charge in [-0.3, -0.25) is 4.79 Å². The maximum Gasteiger partial charge on any atom is 0.416 e. The van der Waals surface area contributed by atoms with Crippen LogP contribution in [-0.4, -0.2) is 25.0 Å². The fourth-order valence-electron chi connectivity index (χ4n) is 3.61. The van der Waals surface area contributed by atoms with Crippen molar-refractivity contribution in [1.82, 2.24) is 10.3 Å². The maximum atomic E-state index is 12.9. The molecule has 0 spiro atoms. The molecule has 0 unspecified atom stereocenters. The first-order valence-electron chi connectivity index (χ1n) is 10.9. The van der Waals surface area contributed by atoms with E-state index in [-0.39, 0.29) is 17.7 Å². The molecule has 1 N–H and O–H groups in total. The monoisotopic (exact) mass is 479 g/mol. The molecule has 1 heterocycles. The molecular weight excluding hydrogens is 455 g/mol. The molecule has 1 aromatic heterocycles. The lowest BCUT2D eigenvalue weighted by Gasteiger charge is -2.17. The van der Waals surface area contributed by atoms with Crippen LogP contribution in [-0.2, 0) is 6.18 Å². The fraction of sp³-hybridized carbons (Fsp3) is 0.185. The van der Waals surface area contributed by atoms with Gasteiger partial charge in [-0.2, -0.15) is 13.2 Å². The number of halogens is 3. The van der Waals surface area contributed by atoms with Gasteiger partial charge in [-0.1, -0.05) is 18.2 Å². The van der Waals surface area contributed by atoms with Gasteiger partial charge in [0, 0.05) is 25.0 Å². The smallest absolute Gasteiger partial charge is 0.416 e. The number of carbonyl (C=O) groups is 1. The van der Waals surface area contributed by atoms with Crippen LogP contribution >= 0.6 is 0 Å². The normalized spacial score (nSPS) is 12.3. The van der Waals surface area contributed by atoms with E-state index in [0.717, 1.165) is 34.4 Å². The summed E-state index contributed by atoms with van der Waals surface area (Å²) in [5.41, 5.74) is 0.480. The zero-order valence-electron chi connectivity index (χ0n) is 19.4. The quantitative estimate of drug-likeness (QED) is 0.338. The third-order valence-corrected chi connectivity index (χ3v) is 5.52. The molecule has 3 aromatic carbocycles. The van der Waals surface area contributed by atoms with E-state index in [4.69, 9.17) is 4.74 Å². The van der Waals surface area contributed by atoms with Crippen molar-refractivity contribution >= 4 is 22.5 Å². The highest BCUT2D eigenvalue weighted by Crippen LogP contribution is 2.34. The van der Waals surface area contributed by atoms with Crippen molar-refractivity contribution in [1.29, 1.82) is 0 Å². The van der Waals surface area contributed by atoms with Crippen LogP contribution in [0.3, 0.4) is 0 Å². The van der Waals surface area contributed by atoms with Crippen molar-refractivity contribution in [3.8, 4) is 11.5 Å². The van der Waals surface area contributed by atoms with Crippen LogP contribution in [0.4, 0.5) is 19.0 Å². The standard InChI is InChI=1S/C27H24F3N3O2/c1-17(23-7-5-9-25(32-23)33(2)3)31-26(34)19-10-15-22-18(16-19)6-4-8-24(22)35-21-13-11-20(12-14-21)27(28,29)30/h4-17H,1-3H3,(H,31,34)/t17-/m1/s1. The van der Waals surface area contributed by atoms with Crippen LogP contribution in [0.15, 0.2) is 78.9 Å². The molecule has 1 amide bonds. The summed E-state index contributed by atoms with van der Waals surface area (Å²) < 4.78 is 44.2. The van der Waals surface area contributed by atoms with Crippen molar-refractivity contribution in [2.45, 2.75) is 19.1 Å². The molecule has 5 nitrogen and oxygen atoms in total. The van der Waals surface area contributed by atoms with E-state index in [9.17, 15) is 18.0 Å². The molecule has 0 aliphatic rings. The number of anilines is 1. The molecule has 180 valence electrons. The Morgan fingerprint density at radius 2 is 1.69 bits per heavy atom. The summed E-state index contributed by atoms with van der Waals surface area (Å²) in [4.78, 5) is 19.4. The maximum absolute atomic E-state index is 12.9. The second-order valence-corrected chi connectivity index (χ2v) is 8.33. The molecule has 1 atom stereocenters. The molecule has 0 aliphatic heterocycles. The molecule has 8 heteroatoms. The summed E-state index contributed by atoms with van der Waals surface area (Å²) in [5.74, 6) is 1.32. The average molecular weight is 480 g/mol. The third kappa shape index (κ3) is 5.54. The molecule has 0 bridgehead atoms. The van der Waals surface area contributed by atoms with Gasteiger partial charge in [0.15, 0.2) is 0 Å². The minimum absolute atomic E-state index is 0.245. The van der Waals surface area contributed by atoms with Crippen molar-refractivity contribution in [2.75, 3.05) is 19.0 Å². The molecule has 0 saturated heterocycles. The molecule has 0 saturated carbocycles. The van der Waals surface area contributed by atoms with Crippen molar-refractivity contribution in [3.05, 3.63) is 95.7 Å². The molecule has 0 radical (unpaired) electrons. The Kier molecular flexibility index (Phi) is 6.64. The van der Waals surface area contributed by atoms with Gasteiger partial charge in [-0.15, -0.1) is 0 Å². The number of nitrogens with one attached hydrogen (secondary N) is 1. The van der Waals surface area contributed by atoms with Gasteiger partial charge in [-0.05, 0) is 73.0 Å². The van der Waals surface area contributed by atoms with Gasteiger partial charge in [0.1, 0.15) is 17.3 Å². The van der Waals surface area contributed by atoms with E-state index in [1.807, 2.05) is 50.2 Å². The van der Waals surface area contributed by atoms with E-state index >= 15 is 0 Å². The lowest BCUT2D eigenvalue weighted by Crippen LogP contribution is -2.27. The number of aromatic nitrogens is 1. The van der Waals surface area contributed by atoms with Crippen LogP contribution in [0.5, 0.6) is 11.5 Å². The van der Waals surface area contributed by atoms with E-state index in [1.165, 1.54) is 12.1 Å².